The average molecular weight is 330 g/mol. The van der Waals surface area contributed by atoms with Crippen LogP contribution in [0.1, 0.15) is 0 Å². The van der Waals surface area contributed by atoms with E-state index in [0.717, 1.165) is 30.7 Å². The van der Waals surface area contributed by atoms with Crippen molar-refractivity contribution in [2.45, 2.75) is 0 Å². The number of carbonyl (C=O) groups is 1. The summed E-state index contributed by atoms with van der Waals surface area (Å²) in [7, 11) is 2.05. The van der Waals surface area contributed by atoms with Gasteiger partial charge in [-0.1, -0.05) is 0 Å². The van der Waals surface area contributed by atoms with E-state index in [4.69, 9.17) is 0 Å². The lowest BCUT2D eigenvalue weighted by Gasteiger charge is -2.32. The molecule has 2 rings (SSSR count). The number of rotatable bonds is 3. The molecular formula is C13H17BrFN3O. The van der Waals surface area contributed by atoms with Crippen molar-refractivity contribution in [3.63, 3.8) is 0 Å². The first-order valence-electron chi connectivity index (χ1n) is 6.21. The maximum Gasteiger partial charge on any atom is 0.241 e. The highest BCUT2D eigenvalue weighted by atomic mass is 79.9. The number of hydrogen-bond acceptors (Lipinski definition) is 3. The molecule has 1 fully saturated rings. The van der Waals surface area contributed by atoms with E-state index in [0.29, 0.717) is 5.69 Å². The van der Waals surface area contributed by atoms with Crippen molar-refractivity contribution in [2.75, 3.05) is 45.1 Å². The molecule has 19 heavy (non-hydrogen) atoms. The van der Waals surface area contributed by atoms with E-state index in [1.54, 1.807) is 6.07 Å². The quantitative estimate of drug-likeness (QED) is 0.918. The largest absolute Gasteiger partial charge is 0.375 e. The summed E-state index contributed by atoms with van der Waals surface area (Å²) in [5, 5.41) is 2.97. The molecule has 104 valence electrons. The SMILES string of the molecule is CN1CCN(C(=O)CNc2cc(F)ccc2Br)CC1. The van der Waals surface area contributed by atoms with Gasteiger partial charge in [0.05, 0.1) is 12.2 Å². The second-order valence-corrected chi connectivity index (χ2v) is 5.52. The third-order valence-corrected chi connectivity index (χ3v) is 3.91. The Hall–Kier alpha value is -1.14. The van der Waals surface area contributed by atoms with Crippen molar-refractivity contribution in [2.24, 2.45) is 0 Å². The third-order valence-electron chi connectivity index (χ3n) is 3.21. The first-order valence-corrected chi connectivity index (χ1v) is 7.01. The van der Waals surface area contributed by atoms with Crippen LogP contribution >= 0.6 is 15.9 Å². The highest BCUT2D eigenvalue weighted by Crippen LogP contribution is 2.22. The predicted molar refractivity (Wildman–Crippen MR) is 76.7 cm³/mol. The molecule has 6 heteroatoms. The van der Waals surface area contributed by atoms with Crippen LogP contribution in [0.25, 0.3) is 0 Å². The number of halogens is 2. The van der Waals surface area contributed by atoms with Gasteiger partial charge in [-0.15, -0.1) is 0 Å². The molecule has 1 aromatic carbocycles. The first kappa shape index (κ1) is 14.3. The van der Waals surface area contributed by atoms with Crippen LogP contribution in [0.5, 0.6) is 0 Å². The molecule has 0 aromatic heterocycles. The number of benzene rings is 1. The molecule has 0 atom stereocenters. The van der Waals surface area contributed by atoms with E-state index >= 15 is 0 Å². The molecule has 1 heterocycles. The van der Waals surface area contributed by atoms with Gasteiger partial charge in [0, 0.05) is 30.7 Å². The molecule has 0 aliphatic carbocycles. The molecule has 0 saturated carbocycles. The van der Waals surface area contributed by atoms with Gasteiger partial charge in [-0.3, -0.25) is 4.79 Å². The fourth-order valence-corrected chi connectivity index (χ4v) is 2.36. The Morgan fingerprint density at radius 1 is 1.37 bits per heavy atom. The van der Waals surface area contributed by atoms with E-state index in [-0.39, 0.29) is 18.3 Å². The fourth-order valence-electron chi connectivity index (χ4n) is 1.97. The standard InChI is InChI=1S/C13H17BrFN3O/c1-17-4-6-18(7-5-17)13(19)9-16-12-8-10(15)2-3-11(12)14/h2-3,8,16H,4-7,9H2,1H3. The van der Waals surface area contributed by atoms with Gasteiger partial charge in [0.25, 0.3) is 0 Å². The summed E-state index contributed by atoms with van der Waals surface area (Å²) in [5.74, 6) is -0.276. The Kier molecular flexibility index (Phi) is 4.76. The molecule has 4 nitrogen and oxygen atoms in total. The molecule has 0 unspecified atom stereocenters. The van der Waals surface area contributed by atoms with Crippen molar-refractivity contribution in [3.8, 4) is 0 Å². The lowest BCUT2D eigenvalue weighted by atomic mass is 10.3. The lowest BCUT2D eigenvalue weighted by Crippen LogP contribution is -2.48. The summed E-state index contributed by atoms with van der Waals surface area (Å²) >= 11 is 3.32. The minimum absolute atomic E-state index is 0.0456. The van der Waals surface area contributed by atoms with Crippen LogP contribution in [0.15, 0.2) is 22.7 Å². The number of carbonyl (C=O) groups excluding carboxylic acids is 1. The van der Waals surface area contributed by atoms with Crippen molar-refractivity contribution in [1.82, 2.24) is 9.80 Å². The van der Waals surface area contributed by atoms with Crippen molar-refractivity contribution < 1.29 is 9.18 Å². The zero-order chi connectivity index (χ0) is 13.8. The Balaban J connectivity index is 1.88. The van der Waals surface area contributed by atoms with E-state index in [2.05, 4.69) is 26.1 Å². The predicted octanol–water partition coefficient (Wildman–Crippen LogP) is 1.77. The third kappa shape index (κ3) is 3.91. The van der Waals surface area contributed by atoms with E-state index < -0.39 is 0 Å². The highest BCUT2D eigenvalue weighted by Gasteiger charge is 2.18. The fraction of sp³-hybridized carbons (Fsp3) is 0.462. The lowest BCUT2D eigenvalue weighted by molar-refractivity contribution is -0.130. The Morgan fingerprint density at radius 3 is 2.74 bits per heavy atom. The molecule has 1 amide bonds. The number of hydrogen-bond donors (Lipinski definition) is 1. The van der Waals surface area contributed by atoms with E-state index in [9.17, 15) is 9.18 Å². The summed E-state index contributed by atoms with van der Waals surface area (Å²) in [6, 6.07) is 4.37. The van der Waals surface area contributed by atoms with Gasteiger partial charge in [-0.05, 0) is 41.2 Å². The molecule has 1 N–H and O–H groups in total. The van der Waals surface area contributed by atoms with Gasteiger partial charge in [0.2, 0.25) is 5.91 Å². The number of anilines is 1. The van der Waals surface area contributed by atoms with Crippen molar-refractivity contribution in [3.05, 3.63) is 28.5 Å². The van der Waals surface area contributed by atoms with Crippen LogP contribution in [-0.2, 0) is 4.79 Å². The first-order chi connectivity index (χ1) is 9.06. The average Bonchev–Trinajstić information content (AvgIpc) is 2.40. The molecule has 0 spiro atoms. The van der Waals surface area contributed by atoms with Gasteiger partial charge < -0.3 is 15.1 Å². The zero-order valence-electron chi connectivity index (χ0n) is 10.8. The van der Waals surface area contributed by atoms with Crippen LogP contribution in [0.4, 0.5) is 10.1 Å². The second-order valence-electron chi connectivity index (χ2n) is 4.66. The maximum absolute atomic E-state index is 13.1. The van der Waals surface area contributed by atoms with Crippen LogP contribution < -0.4 is 5.32 Å². The van der Waals surface area contributed by atoms with Crippen molar-refractivity contribution >= 4 is 27.5 Å². The molecule has 0 bridgehead atoms. The smallest absolute Gasteiger partial charge is 0.241 e. The highest BCUT2D eigenvalue weighted by molar-refractivity contribution is 9.10. The summed E-state index contributed by atoms with van der Waals surface area (Å²) in [6.45, 7) is 3.49. The van der Waals surface area contributed by atoms with Gasteiger partial charge in [-0.2, -0.15) is 0 Å². The minimum Gasteiger partial charge on any atom is -0.375 e. The maximum atomic E-state index is 13.1. The molecule has 0 radical (unpaired) electrons. The van der Waals surface area contributed by atoms with Gasteiger partial charge >= 0.3 is 0 Å². The zero-order valence-corrected chi connectivity index (χ0v) is 12.4. The number of likely N-dealkylation sites (N-methyl/N-ethyl adjacent to an activating group) is 1. The van der Waals surface area contributed by atoms with E-state index in [1.807, 2.05) is 11.9 Å². The Bertz CT molecular complexity index is 461. The van der Waals surface area contributed by atoms with Gasteiger partial charge in [0.15, 0.2) is 0 Å². The molecule has 1 aliphatic heterocycles. The van der Waals surface area contributed by atoms with Crippen LogP contribution in [0.3, 0.4) is 0 Å². The van der Waals surface area contributed by atoms with Crippen LogP contribution in [-0.4, -0.2) is 55.5 Å². The summed E-state index contributed by atoms with van der Waals surface area (Å²) in [5.41, 5.74) is 0.600. The second kappa shape index (κ2) is 6.34. The number of nitrogens with one attached hydrogen (secondary N) is 1. The molecular weight excluding hydrogens is 313 g/mol. The van der Waals surface area contributed by atoms with Gasteiger partial charge in [-0.25, -0.2) is 4.39 Å². The molecule has 1 aliphatic rings. The van der Waals surface area contributed by atoms with Crippen molar-refractivity contribution in [1.29, 1.82) is 0 Å². The number of nitrogens with zero attached hydrogens (tertiary/aromatic N) is 2. The van der Waals surface area contributed by atoms with Crippen LogP contribution in [0, 0.1) is 5.82 Å². The summed E-state index contributed by atoms with van der Waals surface area (Å²) in [4.78, 5) is 16.0. The minimum atomic E-state index is -0.322. The number of piperazine rings is 1. The van der Waals surface area contributed by atoms with E-state index in [1.165, 1.54) is 12.1 Å². The summed E-state index contributed by atoms with van der Waals surface area (Å²) in [6.07, 6.45) is 0. The van der Waals surface area contributed by atoms with Crippen LogP contribution in [0.2, 0.25) is 0 Å². The summed E-state index contributed by atoms with van der Waals surface area (Å²) < 4.78 is 13.9. The number of amides is 1. The normalized spacial score (nSPS) is 16.5. The topological polar surface area (TPSA) is 35.6 Å². The Morgan fingerprint density at radius 2 is 2.05 bits per heavy atom. The monoisotopic (exact) mass is 329 g/mol. The molecule has 1 saturated heterocycles. The van der Waals surface area contributed by atoms with Gasteiger partial charge in [0.1, 0.15) is 5.82 Å². The molecule has 1 aromatic rings. The Labute approximate surface area is 120 Å².